The molecule has 5 heteroatoms. The van der Waals surface area contributed by atoms with Crippen molar-refractivity contribution in [3.63, 3.8) is 0 Å². The molecule has 2 bridgehead atoms. The van der Waals surface area contributed by atoms with E-state index in [2.05, 4.69) is 0 Å². The highest BCUT2D eigenvalue weighted by molar-refractivity contribution is 5.90. The molecule has 5 rings (SSSR count). The van der Waals surface area contributed by atoms with Crippen molar-refractivity contribution in [3.8, 4) is 0 Å². The van der Waals surface area contributed by atoms with Crippen molar-refractivity contribution in [2.75, 3.05) is 6.54 Å². The molecule has 1 amide bonds. The first-order valence-electron chi connectivity index (χ1n) is 9.09. The maximum Gasteiger partial charge on any atom is 0.230 e. The zero-order valence-corrected chi connectivity index (χ0v) is 14.5. The van der Waals surface area contributed by atoms with Gasteiger partial charge in [0.2, 0.25) is 5.91 Å². The molecule has 0 aromatic heterocycles. The second kappa shape index (κ2) is 5.79. The zero-order valence-electron chi connectivity index (χ0n) is 14.5. The lowest BCUT2D eigenvalue weighted by atomic mass is 9.77. The van der Waals surface area contributed by atoms with E-state index >= 15 is 0 Å². The van der Waals surface area contributed by atoms with Gasteiger partial charge in [-0.1, -0.05) is 72.8 Å². The Morgan fingerprint density at radius 3 is 2.22 bits per heavy atom. The Balaban J connectivity index is 1.59. The Hall–Kier alpha value is -2.92. The number of carbonyl (C=O) groups is 2. The molecule has 3 aliphatic heterocycles. The van der Waals surface area contributed by atoms with Crippen LogP contribution in [0.1, 0.15) is 17.2 Å². The van der Waals surface area contributed by atoms with Crippen molar-refractivity contribution in [3.05, 3.63) is 83.9 Å². The van der Waals surface area contributed by atoms with Gasteiger partial charge >= 0.3 is 0 Å². The fourth-order valence-corrected chi connectivity index (χ4v) is 4.84. The molecule has 2 aromatic rings. The van der Waals surface area contributed by atoms with Crippen LogP contribution in [0.2, 0.25) is 0 Å². The molecule has 4 atom stereocenters. The molecule has 0 N–H and O–H groups in total. The number of hydrogen-bond acceptors (Lipinski definition) is 4. The number of ether oxygens (including phenoxy) is 1. The Bertz CT molecular complexity index is 886. The van der Waals surface area contributed by atoms with Gasteiger partial charge in [0.05, 0.1) is 24.6 Å². The summed E-state index contributed by atoms with van der Waals surface area (Å²) < 4.78 is 5.99. The van der Waals surface area contributed by atoms with Gasteiger partial charge in [0.1, 0.15) is 5.60 Å². The van der Waals surface area contributed by atoms with E-state index in [1.807, 2.05) is 66.7 Å². The van der Waals surface area contributed by atoms with Crippen LogP contribution in [0, 0.1) is 11.8 Å². The smallest absolute Gasteiger partial charge is 0.230 e. The number of carboxylic acid groups (broad SMARTS) is 1. The van der Waals surface area contributed by atoms with E-state index in [1.54, 1.807) is 11.0 Å². The average molecular weight is 360 g/mol. The summed E-state index contributed by atoms with van der Waals surface area (Å²) in [5.74, 6) is -3.07. The Morgan fingerprint density at radius 1 is 1.07 bits per heavy atom. The molecule has 0 radical (unpaired) electrons. The number of carbonyl (C=O) groups excluding carboxylic acids is 2. The number of carboxylic acids is 1. The Labute approximate surface area is 156 Å². The predicted octanol–water partition coefficient (Wildman–Crippen LogP) is 1.31. The van der Waals surface area contributed by atoms with E-state index < -0.39 is 29.5 Å². The molecular formula is C22H18NO4-. The molecule has 0 unspecified atom stereocenters. The lowest BCUT2D eigenvalue weighted by Crippen LogP contribution is -2.45. The summed E-state index contributed by atoms with van der Waals surface area (Å²) in [6.45, 7) is 0.335. The lowest BCUT2D eigenvalue weighted by Gasteiger charge is -2.31. The number of nitrogens with zero attached hydrogens (tertiary/aromatic N) is 1. The van der Waals surface area contributed by atoms with Crippen molar-refractivity contribution in [1.82, 2.24) is 4.90 Å². The van der Waals surface area contributed by atoms with Crippen molar-refractivity contribution in [2.24, 2.45) is 11.8 Å². The summed E-state index contributed by atoms with van der Waals surface area (Å²) in [5.41, 5.74) is 1.10. The van der Waals surface area contributed by atoms with Gasteiger partial charge < -0.3 is 19.5 Å². The van der Waals surface area contributed by atoms with Crippen molar-refractivity contribution in [1.29, 1.82) is 0 Å². The molecule has 2 aromatic carbocycles. The van der Waals surface area contributed by atoms with Gasteiger partial charge in [0, 0.05) is 11.9 Å². The number of benzene rings is 2. The minimum absolute atomic E-state index is 0.186. The van der Waals surface area contributed by atoms with E-state index in [0.29, 0.717) is 6.54 Å². The number of hydrogen-bond donors (Lipinski definition) is 0. The summed E-state index contributed by atoms with van der Waals surface area (Å²) in [5, 5.41) is 11.7. The Kier molecular flexibility index (Phi) is 3.49. The topological polar surface area (TPSA) is 69.7 Å². The van der Waals surface area contributed by atoms with E-state index in [9.17, 15) is 14.7 Å². The van der Waals surface area contributed by atoms with Gasteiger partial charge in [-0.05, 0) is 11.1 Å². The van der Waals surface area contributed by atoms with Crippen LogP contribution in [-0.4, -0.2) is 35.0 Å². The second-order valence-electron chi connectivity index (χ2n) is 7.41. The predicted molar refractivity (Wildman–Crippen MR) is 95.2 cm³/mol. The van der Waals surface area contributed by atoms with Crippen LogP contribution in [0.25, 0.3) is 0 Å². The lowest BCUT2D eigenvalue weighted by molar-refractivity contribution is -0.313. The van der Waals surface area contributed by atoms with Gasteiger partial charge in [0.25, 0.3) is 0 Å². The molecule has 27 heavy (non-hydrogen) atoms. The summed E-state index contributed by atoms with van der Waals surface area (Å²) >= 11 is 0. The van der Waals surface area contributed by atoms with E-state index in [0.717, 1.165) is 11.1 Å². The SMILES string of the molecule is O=C([O-])[C@H]1[C@@H]2C=C[C@]3(CN(C(c4ccccc4)c4ccccc4)C(=O)[C@@H]13)O2. The Morgan fingerprint density at radius 2 is 1.67 bits per heavy atom. The molecule has 5 nitrogen and oxygen atoms in total. The molecular weight excluding hydrogens is 342 g/mol. The van der Waals surface area contributed by atoms with Gasteiger partial charge in [-0.15, -0.1) is 0 Å². The van der Waals surface area contributed by atoms with Crippen LogP contribution >= 0.6 is 0 Å². The largest absolute Gasteiger partial charge is 0.550 e. The molecule has 136 valence electrons. The molecule has 3 heterocycles. The van der Waals surface area contributed by atoms with Crippen LogP contribution < -0.4 is 5.11 Å². The number of rotatable bonds is 4. The molecule has 2 fully saturated rings. The van der Waals surface area contributed by atoms with Gasteiger partial charge in [-0.25, -0.2) is 0 Å². The monoisotopic (exact) mass is 360 g/mol. The maximum absolute atomic E-state index is 13.4. The van der Waals surface area contributed by atoms with Crippen molar-refractivity contribution in [2.45, 2.75) is 17.7 Å². The van der Waals surface area contributed by atoms with Crippen LogP contribution in [-0.2, 0) is 14.3 Å². The van der Waals surface area contributed by atoms with E-state index in [4.69, 9.17) is 4.74 Å². The molecule has 0 aliphatic carbocycles. The number of fused-ring (bicyclic) bond motifs is 1. The van der Waals surface area contributed by atoms with Gasteiger partial charge in [-0.2, -0.15) is 0 Å². The first-order chi connectivity index (χ1) is 13.1. The minimum Gasteiger partial charge on any atom is -0.550 e. The number of aliphatic carboxylic acids is 1. The first kappa shape index (κ1) is 16.3. The van der Waals surface area contributed by atoms with Gasteiger partial charge in [-0.3, -0.25) is 4.79 Å². The third-order valence-corrected chi connectivity index (χ3v) is 5.94. The van der Waals surface area contributed by atoms with Gasteiger partial charge in [0.15, 0.2) is 0 Å². The molecule has 0 saturated carbocycles. The van der Waals surface area contributed by atoms with Crippen LogP contribution in [0.3, 0.4) is 0 Å². The first-order valence-corrected chi connectivity index (χ1v) is 9.09. The molecule has 2 saturated heterocycles. The summed E-state index contributed by atoms with van der Waals surface area (Å²) in [7, 11) is 0. The number of likely N-dealkylation sites (tertiary alicyclic amines) is 1. The normalized spacial score (nSPS) is 30.9. The van der Waals surface area contributed by atoms with E-state index in [-0.39, 0.29) is 11.9 Å². The fourth-order valence-electron chi connectivity index (χ4n) is 4.84. The third kappa shape index (κ3) is 2.28. The quantitative estimate of drug-likeness (QED) is 0.771. The molecule has 1 spiro atoms. The zero-order chi connectivity index (χ0) is 18.6. The van der Waals surface area contributed by atoms with Crippen molar-refractivity contribution >= 4 is 11.9 Å². The van der Waals surface area contributed by atoms with Crippen LogP contribution in [0.5, 0.6) is 0 Å². The summed E-state index contributed by atoms with van der Waals surface area (Å²) in [4.78, 5) is 26.9. The van der Waals surface area contributed by atoms with Crippen LogP contribution in [0.4, 0.5) is 0 Å². The van der Waals surface area contributed by atoms with Crippen molar-refractivity contribution < 1.29 is 19.4 Å². The molecule has 3 aliphatic rings. The third-order valence-electron chi connectivity index (χ3n) is 5.94. The second-order valence-corrected chi connectivity index (χ2v) is 7.41. The summed E-state index contributed by atoms with van der Waals surface area (Å²) in [6, 6.07) is 19.3. The highest BCUT2D eigenvalue weighted by atomic mass is 16.5. The highest BCUT2D eigenvalue weighted by Crippen LogP contribution is 2.53. The average Bonchev–Trinajstić information content (AvgIpc) is 3.32. The number of amides is 1. The van der Waals surface area contributed by atoms with Crippen LogP contribution in [0.15, 0.2) is 72.8 Å². The van der Waals surface area contributed by atoms with E-state index in [1.165, 1.54) is 0 Å². The minimum atomic E-state index is -1.22. The summed E-state index contributed by atoms with van der Waals surface area (Å²) in [6.07, 6.45) is 3.05. The standard InChI is InChI=1S/C22H19NO4/c24-20-18-17(21(25)26)16-11-12-22(18,27-16)13-23(20)19(14-7-3-1-4-8-14)15-9-5-2-6-10-15/h1-12,16-19H,13H2,(H,25,26)/p-1/t16-,17-,18+,22+/m0/s1. The maximum atomic E-state index is 13.4. The fraction of sp³-hybridized carbons (Fsp3) is 0.273. The highest BCUT2D eigenvalue weighted by Gasteiger charge is 2.66.